The molecule has 1 aliphatic heterocycles. The number of ether oxygens (including phenoxy) is 1. The molecule has 7 rings (SSSR count). The van der Waals surface area contributed by atoms with Crippen molar-refractivity contribution in [3.63, 3.8) is 0 Å². The molecular weight excluding hydrogens is 601 g/mol. The first kappa shape index (κ1) is 30.0. The summed E-state index contributed by atoms with van der Waals surface area (Å²) in [5.41, 5.74) is 1.69. The lowest BCUT2D eigenvalue weighted by atomic mass is 10.00. The van der Waals surface area contributed by atoms with Gasteiger partial charge in [-0.15, -0.1) is 0 Å². The normalized spacial score (nSPS) is 19.6. The second-order valence-electron chi connectivity index (χ2n) is 11.9. The maximum atomic E-state index is 15.6. The number of rotatable bonds is 7. The number of nitrogens with zero attached hydrogens (tertiary/aromatic N) is 4. The summed E-state index contributed by atoms with van der Waals surface area (Å²) in [4.78, 5) is 15.7. The van der Waals surface area contributed by atoms with Gasteiger partial charge in [-0.2, -0.15) is 0 Å². The Morgan fingerprint density at radius 3 is 2.54 bits per heavy atom. The van der Waals surface area contributed by atoms with Crippen LogP contribution in [0.25, 0.3) is 33.4 Å². The van der Waals surface area contributed by atoms with Gasteiger partial charge >= 0.3 is 0 Å². The third-order valence-electron chi connectivity index (χ3n) is 8.90. The first-order valence-corrected chi connectivity index (χ1v) is 15.1. The second kappa shape index (κ2) is 11.9. The van der Waals surface area contributed by atoms with E-state index in [0.717, 1.165) is 36.8 Å². The molecular formula is C35H30F5N5O. The van der Waals surface area contributed by atoms with Crippen molar-refractivity contribution in [1.82, 2.24) is 15.0 Å². The maximum absolute atomic E-state index is 15.6. The van der Waals surface area contributed by atoms with Gasteiger partial charge in [-0.1, -0.05) is 19.1 Å². The van der Waals surface area contributed by atoms with E-state index in [4.69, 9.17) is 4.74 Å². The van der Waals surface area contributed by atoms with E-state index in [0.29, 0.717) is 60.0 Å². The largest absolute Gasteiger partial charge is 0.374 e. The Balaban J connectivity index is 1.41. The zero-order valence-corrected chi connectivity index (χ0v) is 25.1. The van der Waals surface area contributed by atoms with Crippen molar-refractivity contribution in [3.05, 3.63) is 95.6 Å². The average Bonchev–Trinajstić information content (AvgIpc) is 3.79. The van der Waals surface area contributed by atoms with E-state index >= 15 is 8.78 Å². The van der Waals surface area contributed by atoms with Crippen LogP contribution in [0.3, 0.4) is 0 Å². The predicted molar refractivity (Wildman–Crippen MR) is 167 cm³/mol. The third-order valence-corrected chi connectivity index (χ3v) is 8.90. The minimum atomic E-state index is -2.82. The number of hydrogen-bond acceptors (Lipinski definition) is 6. The fraction of sp³-hybridized carbons (Fsp3) is 0.286. The number of aromatic nitrogens is 3. The van der Waals surface area contributed by atoms with E-state index in [2.05, 4.69) is 32.1 Å². The Morgan fingerprint density at radius 1 is 0.978 bits per heavy atom. The maximum Gasteiger partial charge on any atom is 0.263 e. The van der Waals surface area contributed by atoms with Gasteiger partial charge in [-0.25, -0.2) is 31.9 Å². The molecule has 6 nitrogen and oxygen atoms in total. The number of halogens is 5. The molecule has 5 aromatic rings. The number of anilines is 3. The molecule has 0 bridgehead atoms. The number of nitrogens with one attached hydrogen (secondary N) is 1. The third kappa shape index (κ3) is 5.64. The number of alkyl halides is 2. The van der Waals surface area contributed by atoms with Crippen LogP contribution >= 0.6 is 0 Å². The summed E-state index contributed by atoms with van der Waals surface area (Å²) >= 11 is 0. The number of hydrogen-bond donors (Lipinski definition) is 1. The minimum absolute atomic E-state index is 0.0128. The van der Waals surface area contributed by atoms with Gasteiger partial charge in [-0.3, -0.25) is 4.98 Å². The summed E-state index contributed by atoms with van der Waals surface area (Å²) in [5, 5.41) is 3.29. The van der Waals surface area contributed by atoms with Crippen molar-refractivity contribution in [1.29, 1.82) is 0 Å². The Hall–Kier alpha value is -4.64. The molecule has 2 aromatic carbocycles. The lowest BCUT2D eigenvalue weighted by Crippen LogP contribution is -2.44. The van der Waals surface area contributed by atoms with E-state index in [1.807, 2.05) is 0 Å². The summed E-state index contributed by atoms with van der Waals surface area (Å²) < 4.78 is 78.9. The SMILES string of the molecule is Cc1c(-c2ccccn2)nc2cc(F)cc(F)c2c1Nc1cc(N2CCOC([C@H]3CC3C)C2)ncc1-c1cc(C(F)F)ccc1F. The van der Waals surface area contributed by atoms with E-state index in [9.17, 15) is 13.2 Å². The quantitative estimate of drug-likeness (QED) is 0.182. The first-order chi connectivity index (χ1) is 22.2. The lowest BCUT2D eigenvalue weighted by Gasteiger charge is -2.34. The molecule has 0 radical (unpaired) electrons. The van der Waals surface area contributed by atoms with Crippen LogP contribution in [0.1, 0.15) is 30.9 Å². The van der Waals surface area contributed by atoms with Crippen LogP contribution < -0.4 is 10.2 Å². The standard InChI is InChI=1S/C35H30F5N5O/c1-18-11-22(18)30-17-45(9-10-46-30)31-15-28(24(16-42-31)23-12-20(35(39)40)6-7-25(23)37)43-34-19(2)33(27-5-3-4-8-41-27)44-29-14-21(36)13-26(38)32(29)34/h3-8,12-16,18,22,30,35H,9-11,17H2,1-2H3,(H,42,43,44)/t18?,22-,30?/m0/s1. The van der Waals surface area contributed by atoms with Gasteiger partial charge < -0.3 is 15.0 Å². The van der Waals surface area contributed by atoms with Crippen LogP contribution in [-0.4, -0.2) is 40.8 Å². The van der Waals surface area contributed by atoms with Crippen LogP contribution in [0, 0.1) is 36.2 Å². The van der Waals surface area contributed by atoms with E-state index in [1.165, 1.54) is 6.20 Å². The molecule has 11 heteroatoms. The van der Waals surface area contributed by atoms with Crippen molar-refractivity contribution < 1.29 is 26.7 Å². The highest BCUT2D eigenvalue weighted by Crippen LogP contribution is 2.44. The van der Waals surface area contributed by atoms with Crippen LogP contribution in [-0.2, 0) is 4.74 Å². The van der Waals surface area contributed by atoms with Crippen molar-refractivity contribution >= 4 is 28.1 Å². The predicted octanol–water partition coefficient (Wildman–Crippen LogP) is 8.63. The van der Waals surface area contributed by atoms with E-state index in [-0.39, 0.29) is 39.4 Å². The van der Waals surface area contributed by atoms with Gasteiger partial charge in [0.1, 0.15) is 23.3 Å². The number of benzene rings is 2. The molecule has 4 heterocycles. The molecule has 1 saturated heterocycles. The van der Waals surface area contributed by atoms with Crippen LogP contribution in [0.5, 0.6) is 0 Å². The number of fused-ring (bicyclic) bond motifs is 1. The van der Waals surface area contributed by atoms with Crippen LogP contribution in [0.15, 0.2) is 67.0 Å². The molecule has 0 spiro atoms. The summed E-state index contributed by atoms with van der Waals surface area (Å²) in [5.74, 6) is -0.773. The monoisotopic (exact) mass is 631 g/mol. The average molecular weight is 632 g/mol. The van der Waals surface area contributed by atoms with Crippen molar-refractivity contribution in [2.24, 2.45) is 11.8 Å². The Labute approximate surface area is 262 Å². The molecule has 0 amide bonds. The Morgan fingerprint density at radius 2 is 1.80 bits per heavy atom. The molecule has 2 unspecified atom stereocenters. The molecule has 1 saturated carbocycles. The Bertz CT molecular complexity index is 1940. The molecule has 2 aliphatic rings. The van der Waals surface area contributed by atoms with Gasteiger partial charge in [0.2, 0.25) is 0 Å². The van der Waals surface area contributed by atoms with Crippen molar-refractivity contribution in [2.45, 2.75) is 32.8 Å². The van der Waals surface area contributed by atoms with Crippen LogP contribution in [0.2, 0.25) is 0 Å². The fourth-order valence-electron chi connectivity index (χ4n) is 6.28. The Kier molecular flexibility index (Phi) is 7.80. The summed E-state index contributed by atoms with van der Waals surface area (Å²) in [7, 11) is 0. The highest BCUT2D eigenvalue weighted by atomic mass is 19.3. The zero-order valence-electron chi connectivity index (χ0n) is 25.1. The molecule has 1 N–H and O–H groups in total. The van der Waals surface area contributed by atoms with Crippen molar-refractivity contribution in [3.8, 4) is 22.5 Å². The van der Waals surface area contributed by atoms with Gasteiger partial charge in [0.15, 0.2) is 0 Å². The molecule has 3 atom stereocenters. The number of pyridine rings is 3. The van der Waals surface area contributed by atoms with E-state index < -0.39 is 23.9 Å². The van der Waals surface area contributed by atoms with Gasteiger partial charge in [-0.05, 0) is 49.4 Å². The molecule has 236 valence electrons. The van der Waals surface area contributed by atoms with Gasteiger partial charge in [0.05, 0.1) is 46.4 Å². The summed E-state index contributed by atoms with van der Waals surface area (Å²) in [6, 6.07) is 12.0. The number of morpholine rings is 1. The van der Waals surface area contributed by atoms with Gasteiger partial charge in [0, 0.05) is 65.9 Å². The fourth-order valence-corrected chi connectivity index (χ4v) is 6.28. The second-order valence-corrected chi connectivity index (χ2v) is 11.9. The lowest BCUT2D eigenvalue weighted by molar-refractivity contribution is 0.0232. The van der Waals surface area contributed by atoms with E-state index in [1.54, 1.807) is 37.4 Å². The minimum Gasteiger partial charge on any atom is -0.374 e. The van der Waals surface area contributed by atoms with Crippen LogP contribution in [0.4, 0.5) is 39.1 Å². The molecule has 46 heavy (non-hydrogen) atoms. The highest BCUT2D eigenvalue weighted by Gasteiger charge is 2.42. The molecule has 1 aliphatic carbocycles. The topological polar surface area (TPSA) is 63.2 Å². The molecule has 3 aromatic heterocycles. The van der Waals surface area contributed by atoms with Crippen molar-refractivity contribution in [2.75, 3.05) is 29.9 Å². The molecule has 2 fully saturated rings. The highest BCUT2D eigenvalue weighted by molar-refractivity contribution is 5.99. The van der Waals surface area contributed by atoms with Gasteiger partial charge in [0.25, 0.3) is 6.43 Å². The summed E-state index contributed by atoms with van der Waals surface area (Å²) in [6.07, 6.45) is 1.33. The zero-order chi connectivity index (χ0) is 32.1. The smallest absolute Gasteiger partial charge is 0.263 e. The summed E-state index contributed by atoms with van der Waals surface area (Å²) in [6.45, 7) is 5.59. The first-order valence-electron chi connectivity index (χ1n) is 15.1.